The molecule has 39 heavy (non-hydrogen) atoms. The Kier molecular flexibility index (Phi) is 8.85. The Labute approximate surface area is 248 Å². The van der Waals surface area contributed by atoms with E-state index in [2.05, 4.69) is 37.8 Å². The number of thiazole rings is 1. The molecule has 0 bridgehead atoms. The van der Waals surface area contributed by atoms with E-state index in [1.807, 2.05) is 49.6 Å². The second-order valence-electron chi connectivity index (χ2n) is 10.5. The van der Waals surface area contributed by atoms with Crippen molar-refractivity contribution in [2.75, 3.05) is 5.32 Å². The highest BCUT2D eigenvalue weighted by molar-refractivity contribution is 14.2. The quantitative estimate of drug-likeness (QED) is 0.183. The van der Waals surface area contributed by atoms with Crippen LogP contribution in [0.1, 0.15) is 69.0 Å². The van der Waals surface area contributed by atoms with Gasteiger partial charge in [-0.3, -0.25) is 0 Å². The molecule has 0 spiro atoms. The smallest absolute Gasteiger partial charge is 0.407 e. The normalized spacial score (nSPS) is 20.0. The van der Waals surface area contributed by atoms with Gasteiger partial charge in [0.1, 0.15) is 0 Å². The highest BCUT2D eigenvalue weighted by atomic mass is 127. The van der Waals surface area contributed by atoms with Crippen molar-refractivity contribution in [1.82, 2.24) is 19.9 Å². The van der Waals surface area contributed by atoms with Gasteiger partial charge in [0.15, 0.2) is 15.7 Å². The van der Waals surface area contributed by atoms with Crippen LogP contribution < -0.4 is 10.6 Å². The van der Waals surface area contributed by atoms with Gasteiger partial charge in [-0.05, 0) is 93.5 Å². The molecule has 0 saturated heterocycles. The number of sulfone groups is 1. The molecule has 0 aliphatic heterocycles. The predicted molar refractivity (Wildman–Crippen MR) is 165 cm³/mol. The number of halogens is 1. The second kappa shape index (κ2) is 12.0. The number of carbonyl (C=O) groups is 1. The first-order valence-corrected chi connectivity index (χ1v) is 19.6. The molecule has 210 valence electrons. The van der Waals surface area contributed by atoms with Crippen LogP contribution in [0.3, 0.4) is 0 Å². The van der Waals surface area contributed by atoms with Crippen LogP contribution in [0.5, 0.6) is 0 Å². The fourth-order valence-electron chi connectivity index (χ4n) is 4.87. The van der Waals surface area contributed by atoms with Crippen molar-refractivity contribution in [3.8, 4) is 10.4 Å². The molecule has 1 amide bonds. The lowest BCUT2D eigenvalue weighted by molar-refractivity contribution is 0.109. The number of anilines is 2. The molecule has 3 aromatic rings. The van der Waals surface area contributed by atoms with Crippen LogP contribution in [0.4, 0.5) is 16.3 Å². The summed E-state index contributed by atoms with van der Waals surface area (Å²) in [6, 6.07) is 7.61. The topological polar surface area (TPSA) is 115 Å². The fourth-order valence-corrected chi connectivity index (χ4v) is 9.76. The van der Waals surface area contributed by atoms with Gasteiger partial charge >= 0.3 is 6.09 Å². The van der Waals surface area contributed by atoms with Gasteiger partial charge in [0.25, 0.3) is 0 Å². The fraction of sp³-hybridized carbons (Fsp3) is 0.500. The lowest BCUT2D eigenvalue weighted by atomic mass is 9.86. The number of ether oxygens (including phenoxy) is 1. The molecule has 2 aromatic heterocycles. The van der Waals surface area contributed by atoms with Crippen LogP contribution in [-0.2, 0) is 14.6 Å². The zero-order valence-corrected chi connectivity index (χ0v) is 26.9. The standard InChI is InChI=1S/C26H33IN5O4PS2/c1-15(2)36-26(33)30-18-6-4-17(5-7-18)25-28-14-22(38-25)21-11-8-19(13-23(21)39(34,35)20-9-10-20)29-24-12-16(3)32(31-24)37-27/h8,11-15,17-18,20,37H,4-7,9-10H2,1-3H3,(H,29,31)(H,30,33)/t17-,18-. The molecule has 1 atom stereocenters. The first-order valence-electron chi connectivity index (χ1n) is 13.2. The zero-order valence-electron chi connectivity index (χ0n) is 22.1. The Morgan fingerprint density at radius 2 is 1.92 bits per heavy atom. The van der Waals surface area contributed by atoms with Crippen molar-refractivity contribution < 1.29 is 17.9 Å². The number of carbonyl (C=O) groups excluding carboxylic acids is 1. The lowest BCUT2D eigenvalue weighted by Gasteiger charge is -2.28. The van der Waals surface area contributed by atoms with Crippen LogP contribution in [0.2, 0.25) is 0 Å². The van der Waals surface area contributed by atoms with Crippen LogP contribution >= 0.6 is 39.8 Å². The van der Waals surface area contributed by atoms with E-state index in [-0.39, 0.29) is 23.5 Å². The maximum Gasteiger partial charge on any atom is 0.407 e. The minimum Gasteiger partial charge on any atom is -0.447 e. The van der Waals surface area contributed by atoms with Gasteiger partial charge in [-0.2, -0.15) is 5.10 Å². The third-order valence-electron chi connectivity index (χ3n) is 7.02. The van der Waals surface area contributed by atoms with Gasteiger partial charge < -0.3 is 15.4 Å². The van der Waals surface area contributed by atoms with Crippen LogP contribution in [-0.4, -0.2) is 46.4 Å². The van der Waals surface area contributed by atoms with Gasteiger partial charge in [-0.1, -0.05) is 6.07 Å². The number of alkyl carbamates (subject to hydrolysis) is 1. The summed E-state index contributed by atoms with van der Waals surface area (Å²) >= 11 is 3.86. The number of rotatable bonds is 9. The monoisotopic (exact) mass is 701 g/mol. The number of hydrogen-bond donors (Lipinski definition) is 2. The molecular weight excluding hydrogens is 668 g/mol. The Balaban J connectivity index is 1.34. The highest BCUT2D eigenvalue weighted by Gasteiger charge is 2.39. The van der Waals surface area contributed by atoms with Gasteiger partial charge in [0.2, 0.25) is 0 Å². The minimum absolute atomic E-state index is 0.106. The van der Waals surface area contributed by atoms with Crippen molar-refractivity contribution in [3.05, 3.63) is 41.2 Å². The van der Waals surface area contributed by atoms with Gasteiger partial charge in [0.05, 0.1) is 32.5 Å². The molecule has 2 aliphatic rings. The average Bonchev–Trinajstić information content (AvgIpc) is 3.55. The number of amides is 1. The van der Waals surface area contributed by atoms with E-state index in [0.29, 0.717) is 47.1 Å². The third kappa shape index (κ3) is 6.77. The van der Waals surface area contributed by atoms with Gasteiger partial charge in [0, 0.05) is 41.2 Å². The zero-order chi connectivity index (χ0) is 27.7. The van der Waals surface area contributed by atoms with E-state index in [0.717, 1.165) is 41.3 Å². The summed E-state index contributed by atoms with van der Waals surface area (Å²) in [7, 11) is -3.45. The number of aryl methyl sites for hydroxylation is 1. The Morgan fingerprint density at radius 1 is 1.18 bits per heavy atom. The summed E-state index contributed by atoms with van der Waals surface area (Å²) in [6.45, 7) is 5.68. The molecule has 9 nitrogen and oxygen atoms in total. The first kappa shape index (κ1) is 28.8. The third-order valence-corrected chi connectivity index (χ3v) is 12.5. The molecule has 2 N–H and O–H groups in total. The number of aromatic nitrogens is 3. The summed E-state index contributed by atoms with van der Waals surface area (Å²) in [4.78, 5) is 17.9. The number of nitrogens with zero attached hydrogens (tertiary/aromatic N) is 3. The molecule has 2 heterocycles. The van der Waals surface area contributed by atoms with Crippen molar-refractivity contribution >= 4 is 67.2 Å². The first-order chi connectivity index (χ1) is 18.6. The summed E-state index contributed by atoms with van der Waals surface area (Å²) < 4.78 is 34.1. The largest absolute Gasteiger partial charge is 0.447 e. The Morgan fingerprint density at radius 3 is 2.56 bits per heavy atom. The number of hydrogen-bond acceptors (Lipinski definition) is 8. The van der Waals surface area contributed by atoms with Crippen molar-refractivity contribution in [2.24, 2.45) is 0 Å². The van der Waals surface area contributed by atoms with E-state index in [1.54, 1.807) is 17.4 Å². The molecule has 1 unspecified atom stereocenters. The molecule has 2 aliphatic carbocycles. The van der Waals surface area contributed by atoms with Crippen LogP contribution in [0.25, 0.3) is 10.4 Å². The molecule has 2 fully saturated rings. The summed E-state index contributed by atoms with van der Waals surface area (Å²) in [5.74, 6) is 0.992. The van der Waals surface area contributed by atoms with Crippen molar-refractivity contribution in [2.45, 2.75) is 87.5 Å². The van der Waals surface area contributed by atoms with Crippen molar-refractivity contribution in [3.63, 3.8) is 0 Å². The van der Waals surface area contributed by atoms with Crippen LogP contribution in [0, 0.1) is 6.92 Å². The lowest BCUT2D eigenvalue weighted by Crippen LogP contribution is -2.38. The van der Waals surface area contributed by atoms with Crippen LogP contribution in [0.15, 0.2) is 35.4 Å². The predicted octanol–water partition coefficient (Wildman–Crippen LogP) is 6.95. The Hall–Kier alpha value is -1.76. The average molecular weight is 702 g/mol. The van der Waals surface area contributed by atoms with Gasteiger partial charge in [-0.15, -0.1) is 11.3 Å². The van der Waals surface area contributed by atoms with E-state index in [4.69, 9.17) is 9.72 Å². The van der Waals surface area contributed by atoms with E-state index in [1.165, 1.54) is 0 Å². The molecule has 1 aromatic carbocycles. The minimum atomic E-state index is -3.45. The number of benzene rings is 1. The molecule has 2 saturated carbocycles. The second-order valence-corrected chi connectivity index (χ2v) is 15.8. The maximum absolute atomic E-state index is 13.5. The van der Waals surface area contributed by atoms with E-state index >= 15 is 0 Å². The maximum atomic E-state index is 13.5. The molecule has 5 rings (SSSR count). The summed E-state index contributed by atoms with van der Waals surface area (Å²) in [5, 5.41) is 11.5. The molecular formula is C26H33IN5O4PS2. The van der Waals surface area contributed by atoms with E-state index < -0.39 is 9.84 Å². The summed E-state index contributed by atoms with van der Waals surface area (Å²) in [6.07, 6.45) is 6.77. The SMILES string of the molecule is Cc1cc(Nc2ccc(-c3cnc([C@H]4CC[C@H](NC(=O)OC(C)C)CC4)s3)c(S(=O)(=O)C3CC3)c2)nn1PI. The highest BCUT2D eigenvalue weighted by Crippen LogP contribution is 2.43. The van der Waals surface area contributed by atoms with Crippen molar-refractivity contribution in [1.29, 1.82) is 0 Å². The Bertz CT molecular complexity index is 1450. The van der Waals surface area contributed by atoms with E-state index in [9.17, 15) is 13.2 Å². The number of nitrogens with one attached hydrogen (secondary N) is 2. The van der Waals surface area contributed by atoms with Gasteiger partial charge in [-0.25, -0.2) is 22.6 Å². The summed E-state index contributed by atoms with van der Waals surface area (Å²) in [5.41, 5.74) is 2.45. The molecule has 13 heteroatoms. The molecule has 0 radical (unpaired) electrons.